The fourth-order valence-corrected chi connectivity index (χ4v) is 4.50. The van der Waals surface area contributed by atoms with Crippen molar-refractivity contribution < 1.29 is 9.59 Å². The maximum absolute atomic E-state index is 13.4. The van der Waals surface area contributed by atoms with Gasteiger partial charge in [-0.3, -0.25) is 23.9 Å². The zero-order chi connectivity index (χ0) is 24.9. The fraction of sp³-hybridized carbons (Fsp3) is 0.308. The summed E-state index contributed by atoms with van der Waals surface area (Å²) in [5, 5.41) is 0. The van der Waals surface area contributed by atoms with E-state index in [0.717, 1.165) is 11.1 Å². The molecule has 1 fully saturated rings. The van der Waals surface area contributed by atoms with Gasteiger partial charge in [-0.2, -0.15) is 0 Å². The number of benzene rings is 2. The number of nitrogens with two attached hydrogens (primary N) is 1. The minimum absolute atomic E-state index is 0.0369. The summed E-state index contributed by atoms with van der Waals surface area (Å²) < 4.78 is 1.24. The minimum Gasteiger partial charge on any atom is -0.383 e. The van der Waals surface area contributed by atoms with E-state index in [0.29, 0.717) is 19.4 Å². The normalized spacial score (nSPS) is 15.6. The molecule has 1 atom stereocenters. The van der Waals surface area contributed by atoms with E-state index in [1.807, 2.05) is 60.7 Å². The number of nitrogens with zero attached hydrogens (tertiary/aromatic N) is 3. The van der Waals surface area contributed by atoms with Gasteiger partial charge in [0, 0.05) is 20.1 Å². The first-order valence-electron chi connectivity index (χ1n) is 11.6. The van der Waals surface area contributed by atoms with Gasteiger partial charge in [-0.15, -0.1) is 0 Å². The molecular weight excluding hydrogens is 446 g/mol. The van der Waals surface area contributed by atoms with Gasteiger partial charge in [-0.1, -0.05) is 60.7 Å². The molecule has 0 bridgehead atoms. The van der Waals surface area contributed by atoms with Gasteiger partial charge < -0.3 is 15.5 Å². The van der Waals surface area contributed by atoms with E-state index in [2.05, 4.69) is 4.98 Å². The molecule has 1 aliphatic heterocycles. The Hall–Kier alpha value is -4.14. The van der Waals surface area contributed by atoms with Crippen molar-refractivity contribution in [2.24, 2.45) is 5.92 Å². The van der Waals surface area contributed by atoms with E-state index in [9.17, 15) is 19.2 Å². The Labute approximate surface area is 202 Å². The van der Waals surface area contributed by atoms with Crippen LogP contribution >= 0.6 is 0 Å². The van der Waals surface area contributed by atoms with Crippen molar-refractivity contribution in [1.82, 2.24) is 14.5 Å². The number of likely N-dealkylation sites (tertiary alicyclic amines) is 1. The Morgan fingerprint density at radius 1 is 1.03 bits per heavy atom. The minimum atomic E-state index is -0.722. The third-order valence-electron chi connectivity index (χ3n) is 6.39. The molecule has 0 radical (unpaired) electrons. The number of carbonyl (C=O) groups is 2. The average molecular weight is 476 g/mol. The Kier molecular flexibility index (Phi) is 7.14. The lowest BCUT2D eigenvalue weighted by molar-refractivity contribution is -0.134. The molecule has 2 heterocycles. The predicted octanol–water partition coefficient (Wildman–Crippen LogP) is 1.61. The van der Waals surface area contributed by atoms with Gasteiger partial charge in [-0.25, -0.2) is 4.79 Å². The van der Waals surface area contributed by atoms with Crippen molar-refractivity contribution in [3.63, 3.8) is 0 Å². The third kappa shape index (κ3) is 5.34. The molecule has 1 aromatic heterocycles. The fourth-order valence-electron chi connectivity index (χ4n) is 4.50. The van der Waals surface area contributed by atoms with Gasteiger partial charge in [0.1, 0.15) is 5.82 Å². The number of carbonyl (C=O) groups excluding carboxylic acids is 2. The zero-order valence-electron chi connectivity index (χ0n) is 19.6. The standard InChI is InChI=1S/C26H29N5O4/c1-29(22-23(27)31(26(35)28-24(22)33)16-19-11-6-3-7-12-19)25(34)20-13-8-14-30(17-20)21(32)15-18-9-4-2-5-10-18/h2-7,9-12,20H,8,13-17,27H2,1H3,(H,28,33,35). The molecule has 1 saturated heterocycles. The second-order valence-corrected chi connectivity index (χ2v) is 8.80. The number of rotatable bonds is 6. The SMILES string of the molecule is CN(C(=O)C1CCCN(C(=O)Cc2ccccc2)C1)c1c(N)n(Cc2ccccc2)c(=O)[nH]c1=O. The molecule has 3 aromatic rings. The Bertz CT molecular complexity index is 1320. The number of aromatic amines is 1. The molecule has 2 amide bonds. The van der Waals surface area contributed by atoms with Crippen molar-refractivity contribution in [2.75, 3.05) is 30.8 Å². The van der Waals surface area contributed by atoms with Crippen LogP contribution in [-0.2, 0) is 22.6 Å². The van der Waals surface area contributed by atoms with E-state index in [-0.39, 0.29) is 42.8 Å². The molecule has 4 rings (SSSR count). The van der Waals surface area contributed by atoms with Gasteiger partial charge in [0.25, 0.3) is 5.56 Å². The van der Waals surface area contributed by atoms with E-state index in [1.54, 1.807) is 4.90 Å². The monoisotopic (exact) mass is 475 g/mol. The summed E-state index contributed by atoms with van der Waals surface area (Å²) in [4.78, 5) is 56.5. The number of hydrogen-bond acceptors (Lipinski definition) is 5. The van der Waals surface area contributed by atoms with Crippen LogP contribution in [0.2, 0.25) is 0 Å². The molecule has 1 unspecified atom stereocenters. The topological polar surface area (TPSA) is 121 Å². The average Bonchev–Trinajstić information content (AvgIpc) is 2.87. The van der Waals surface area contributed by atoms with E-state index in [4.69, 9.17) is 5.73 Å². The number of anilines is 2. The van der Waals surface area contributed by atoms with Crippen molar-refractivity contribution in [2.45, 2.75) is 25.8 Å². The molecular formula is C26H29N5O4. The molecule has 0 saturated carbocycles. The molecule has 9 nitrogen and oxygen atoms in total. The quantitative estimate of drug-likeness (QED) is 0.561. The number of nitrogens with one attached hydrogen (secondary N) is 1. The van der Waals surface area contributed by atoms with Gasteiger partial charge in [0.05, 0.1) is 18.9 Å². The summed E-state index contributed by atoms with van der Waals surface area (Å²) in [6, 6.07) is 18.7. The molecule has 0 spiro atoms. The molecule has 2 aromatic carbocycles. The van der Waals surface area contributed by atoms with Crippen LogP contribution in [0, 0.1) is 5.92 Å². The highest BCUT2D eigenvalue weighted by molar-refractivity contribution is 5.97. The summed E-state index contributed by atoms with van der Waals surface area (Å²) in [5.74, 6) is -0.900. The van der Waals surface area contributed by atoms with Gasteiger partial charge in [-0.05, 0) is 24.0 Å². The van der Waals surface area contributed by atoms with E-state index < -0.39 is 17.2 Å². The summed E-state index contributed by atoms with van der Waals surface area (Å²) >= 11 is 0. The smallest absolute Gasteiger partial charge is 0.330 e. The van der Waals surface area contributed by atoms with Crippen LogP contribution < -0.4 is 21.9 Å². The second-order valence-electron chi connectivity index (χ2n) is 8.80. The maximum Gasteiger partial charge on any atom is 0.330 e. The molecule has 182 valence electrons. The number of piperidine rings is 1. The number of aromatic nitrogens is 2. The highest BCUT2D eigenvalue weighted by Crippen LogP contribution is 2.23. The van der Waals surface area contributed by atoms with Crippen molar-refractivity contribution in [3.05, 3.63) is 92.6 Å². The molecule has 3 N–H and O–H groups in total. The number of H-pyrrole nitrogens is 1. The lowest BCUT2D eigenvalue weighted by atomic mass is 9.96. The van der Waals surface area contributed by atoms with Crippen molar-refractivity contribution >= 4 is 23.3 Å². The van der Waals surface area contributed by atoms with Crippen LogP contribution in [0.5, 0.6) is 0 Å². The molecule has 9 heteroatoms. The number of amides is 2. The van der Waals surface area contributed by atoms with Crippen LogP contribution in [0.4, 0.5) is 11.5 Å². The van der Waals surface area contributed by atoms with Crippen molar-refractivity contribution in [3.8, 4) is 0 Å². The lowest BCUT2D eigenvalue weighted by Crippen LogP contribution is -2.48. The van der Waals surface area contributed by atoms with Crippen LogP contribution in [0.1, 0.15) is 24.0 Å². The number of nitrogen functional groups attached to an aromatic ring is 1. The summed E-state index contributed by atoms with van der Waals surface area (Å²) in [6.45, 7) is 1.02. The largest absolute Gasteiger partial charge is 0.383 e. The second kappa shape index (κ2) is 10.4. The maximum atomic E-state index is 13.4. The van der Waals surface area contributed by atoms with Gasteiger partial charge >= 0.3 is 5.69 Å². The van der Waals surface area contributed by atoms with Crippen molar-refractivity contribution in [1.29, 1.82) is 0 Å². The Morgan fingerprint density at radius 2 is 1.66 bits per heavy atom. The molecule has 0 aliphatic carbocycles. The van der Waals surface area contributed by atoms with Gasteiger partial charge in [0.15, 0.2) is 5.69 Å². The summed E-state index contributed by atoms with van der Waals surface area (Å²) in [5.41, 5.74) is 6.56. The summed E-state index contributed by atoms with van der Waals surface area (Å²) in [6.07, 6.45) is 1.55. The van der Waals surface area contributed by atoms with Gasteiger partial charge in [0.2, 0.25) is 11.8 Å². The van der Waals surface area contributed by atoms with E-state index >= 15 is 0 Å². The van der Waals surface area contributed by atoms with Crippen LogP contribution in [0.3, 0.4) is 0 Å². The lowest BCUT2D eigenvalue weighted by Gasteiger charge is -2.34. The highest BCUT2D eigenvalue weighted by Gasteiger charge is 2.32. The van der Waals surface area contributed by atoms with Crippen LogP contribution in [-0.4, -0.2) is 46.4 Å². The first kappa shape index (κ1) is 24.0. The highest BCUT2D eigenvalue weighted by atomic mass is 16.2. The third-order valence-corrected chi connectivity index (χ3v) is 6.39. The number of hydrogen-bond donors (Lipinski definition) is 2. The zero-order valence-corrected chi connectivity index (χ0v) is 19.6. The first-order valence-corrected chi connectivity index (χ1v) is 11.6. The predicted molar refractivity (Wildman–Crippen MR) is 134 cm³/mol. The van der Waals surface area contributed by atoms with Crippen LogP contribution in [0.15, 0.2) is 70.3 Å². The molecule has 1 aliphatic rings. The van der Waals surface area contributed by atoms with Crippen LogP contribution in [0.25, 0.3) is 0 Å². The Morgan fingerprint density at radius 3 is 2.31 bits per heavy atom. The Balaban J connectivity index is 1.52. The molecule has 35 heavy (non-hydrogen) atoms. The summed E-state index contributed by atoms with van der Waals surface area (Å²) in [7, 11) is 1.48. The first-order chi connectivity index (χ1) is 16.8. The van der Waals surface area contributed by atoms with E-state index in [1.165, 1.54) is 16.5 Å².